The average molecular weight is 249 g/mol. The van der Waals surface area contributed by atoms with Crippen LogP contribution in [-0.2, 0) is 0 Å². The van der Waals surface area contributed by atoms with Gasteiger partial charge in [0.15, 0.2) is 0 Å². The van der Waals surface area contributed by atoms with Gasteiger partial charge >= 0.3 is 0 Å². The van der Waals surface area contributed by atoms with Gasteiger partial charge in [0, 0.05) is 27.4 Å². The quantitative estimate of drug-likeness (QED) is 0.767. The Morgan fingerprint density at radius 2 is 1.75 bits per heavy atom. The molecule has 1 aromatic heterocycles. The van der Waals surface area contributed by atoms with Crippen LogP contribution in [0.15, 0.2) is 36.5 Å². The van der Waals surface area contributed by atoms with Crippen LogP contribution in [0.1, 0.15) is 5.69 Å². The number of hydrogen-bond acceptors (Lipinski definition) is 2. The maximum atomic E-state index is 8.96. The fourth-order valence-corrected chi connectivity index (χ4v) is 2.05. The van der Waals surface area contributed by atoms with Gasteiger partial charge in [-0.3, -0.25) is 0 Å². The SMILES string of the molecule is N#Cc1ncccc1-c1c(Cl)cccc1Cl. The van der Waals surface area contributed by atoms with Crippen molar-refractivity contribution in [3.63, 3.8) is 0 Å². The Labute approximate surface area is 103 Å². The highest BCUT2D eigenvalue weighted by Gasteiger charge is 2.12. The largest absolute Gasteiger partial charge is 0.245 e. The molecule has 0 spiro atoms. The molecule has 0 saturated heterocycles. The van der Waals surface area contributed by atoms with Crippen LogP contribution in [0.4, 0.5) is 0 Å². The monoisotopic (exact) mass is 248 g/mol. The van der Waals surface area contributed by atoms with E-state index in [0.717, 1.165) is 0 Å². The van der Waals surface area contributed by atoms with Crippen molar-refractivity contribution in [2.45, 2.75) is 0 Å². The molecule has 0 fully saturated rings. The first-order valence-electron chi connectivity index (χ1n) is 4.53. The van der Waals surface area contributed by atoms with Crippen LogP contribution in [0, 0.1) is 11.3 Å². The number of benzene rings is 1. The van der Waals surface area contributed by atoms with Gasteiger partial charge in [0.1, 0.15) is 11.8 Å². The second-order valence-corrected chi connectivity index (χ2v) is 3.92. The van der Waals surface area contributed by atoms with Crippen LogP contribution in [-0.4, -0.2) is 4.98 Å². The molecular formula is C12H6Cl2N2. The summed E-state index contributed by atoms with van der Waals surface area (Å²) in [5.41, 5.74) is 1.62. The molecule has 0 aliphatic heterocycles. The maximum Gasteiger partial charge on any atom is 0.148 e. The molecule has 0 bridgehead atoms. The molecule has 1 aromatic carbocycles. The standard InChI is InChI=1S/C12H6Cl2N2/c13-9-4-1-5-10(14)12(9)8-3-2-6-16-11(8)7-15/h1-6H. The Hall–Kier alpha value is -1.56. The van der Waals surface area contributed by atoms with Crippen molar-refractivity contribution in [2.75, 3.05) is 0 Å². The van der Waals surface area contributed by atoms with E-state index in [-0.39, 0.29) is 0 Å². The predicted molar refractivity (Wildman–Crippen MR) is 64.4 cm³/mol. The lowest BCUT2D eigenvalue weighted by molar-refractivity contribution is 1.26. The van der Waals surface area contributed by atoms with Crippen molar-refractivity contribution in [1.29, 1.82) is 5.26 Å². The highest BCUT2D eigenvalue weighted by atomic mass is 35.5. The molecule has 0 atom stereocenters. The summed E-state index contributed by atoms with van der Waals surface area (Å²) in [7, 11) is 0. The number of pyridine rings is 1. The zero-order valence-corrected chi connectivity index (χ0v) is 9.63. The van der Waals surface area contributed by atoms with Gasteiger partial charge in [0.2, 0.25) is 0 Å². The molecule has 78 valence electrons. The Morgan fingerprint density at radius 3 is 2.38 bits per heavy atom. The van der Waals surface area contributed by atoms with Crippen molar-refractivity contribution >= 4 is 23.2 Å². The van der Waals surface area contributed by atoms with E-state index >= 15 is 0 Å². The summed E-state index contributed by atoms with van der Waals surface area (Å²) in [6, 6.07) is 10.8. The summed E-state index contributed by atoms with van der Waals surface area (Å²) in [6.45, 7) is 0. The molecule has 2 rings (SSSR count). The topological polar surface area (TPSA) is 36.7 Å². The van der Waals surface area contributed by atoms with E-state index in [4.69, 9.17) is 28.5 Å². The molecule has 0 aliphatic rings. The number of aromatic nitrogens is 1. The molecule has 0 aliphatic carbocycles. The molecule has 0 amide bonds. The van der Waals surface area contributed by atoms with Crippen LogP contribution in [0.25, 0.3) is 11.1 Å². The molecule has 2 nitrogen and oxygen atoms in total. The fraction of sp³-hybridized carbons (Fsp3) is 0. The minimum absolute atomic E-state index is 0.317. The van der Waals surface area contributed by atoms with E-state index in [0.29, 0.717) is 26.9 Å². The van der Waals surface area contributed by atoms with Gasteiger partial charge in [-0.05, 0) is 24.3 Å². The van der Waals surface area contributed by atoms with E-state index in [1.807, 2.05) is 6.07 Å². The Balaban J connectivity index is 2.73. The van der Waals surface area contributed by atoms with E-state index in [1.54, 1.807) is 36.5 Å². The first-order valence-corrected chi connectivity index (χ1v) is 5.29. The number of rotatable bonds is 1. The maximum absolute atomic E-state index is 8.96. The molecule has 0 saturated carbocycles. The predicted octanol–water partition coefficient (Wildman–Crippen LogP) is 3.93. The van der Waals surface area contributed by atoms with Crippen molar-refractivity contribution in [1.82, 2.24) is 4.98 Å². The van der Waals surface area contributed by atoms with Gasteiger partial charge < -0.3 is 0 Å². The molecule has 0 N–H and O–H groups in total. The Morgan fingerprint density at radius 1 is 1.06 bits per heavy atom. The van der Waals surface area contributed by atoms with Crippen molar-refractivity contribution in [2.24, 2.45) is 0 Å². The normalized spacial score (nSPS) is 9.81. The average Bonchev–Trinajstić information content (AvgIpc) is 2.29. The van der Waals surface area contributed by atoms with Crippen LogP contribution < -0.4 is 0 Å². The van der Waals surface area contributed by atoms with Gasteiger partial charge in [-0.15, -0.1) is 0 Å². The third kappa shape index (κ3) is 1.88. The van der Waals surface area contributed by atoms with Gasteiger partial charge in [0.05, 0.1) is 0 Å². The fourth-order valence-electron chi connectivity index (χ4n) is 1.45. The Bertz CT molecular complexity index is 553. The van der Waals surface area contributed by atoms with Crippen molar-refractivity contribution in [3.05, 3.63) is 52.3 Å². The van der Waals surface area contributed by atoms with E-state index in [1.165, 1.54) is 0 Å². The zero-order valence-electron chi connectivity index (χ0n) is 8.11. The lowest BCUT2D eigenvalue weighted by Crippen LogP contribution is -1.89. The number of nitrogens with zero attached hydrogens (tertiary/aromatic N) is 2. The number of nitriles is 1. The van der Waals surface area contributed by atoms with E-state index in [2.05, 4.69) is 4.98 Å². The highest BCUT2D eigenvalue weighted by Crippen LogP contribution is 2.35. The Kier molecular flexibility index (Phi) is 3.09. The van der Waals surface area contributed by atoms with Gasteiger partial charge in [-0.1, -0.05) is 29.3 Å². The minimum Gasteiger partial charge on any atom is -0.245 e. The van der Waals surface area contributed by atoms with Crippen LogP contribution in [0.2, 0.25) is 10.0 Å². The minimum atomic E-state index is 0.317. The van der Waals surface area contributed by atoms with Crippen LogP contribution >= 0.6 is 23.2 Å². The van der Waals surface area contributed by atoms with E-state index < -0.39 is 0 Å². The van der Waals surface area contributed by atoms with E-state index in [9.17, 15) is 0 Å². The molecule has 4 heteroatoms. The number of hydrogen-bond donors (Lipinski definition) is 0. The third-order valence-corrected chi connectivity index (χ3v) is 2.78. The zero-order chi connectivity index (χ0) is 11.5. The lowest BCUT2D eigenvalue weighted by atomic mass is 10.0. The van der Waals surface area contributed by atoms with Gasteiger partial charge in [-0.25, -0.2) is 4.98 Å². The van der Waals surface area contributed by atoms with Crippen LogP contribution in [0.3, 0.4) is 0 Å². The molecule has 2 aromatic rings. The number of halogens is 2. The molecular weight excluding hydrogens is 243 g/mol. The summed E-state index contributed by atoms with van der Waals surface area (Å²) in [4.78, 5) is 3.98. The molecule has 16 heavy (non-hydrogen) atoms. The first-order chi connectivity index (χ1) is 7.74. The summed E-state index contributed by atoms with van der Waals surface area (Å²) in [6.07, 6.45) is 1.56. The summed E-state index contributed by atoms with van der Waals surface area (Å²) >= 11 is 12.1. The van der Waals surface area contributed by atoms with Crippen molar-refractivity contribution in [3.8, 4) is 17.2 Å². The van der Waals surface area contributed by atoms with Crippen LogP contribution in [0.5, 0.6) is 0 Å². The lowest BCUT2D eigenvalue weighted by Gasteiger charge is -2.07. The highest BCUT2D eigenvalue weighted by molar-refractivity contribution is 6.39. The second kappa shape index (κ2) is 4.52. The molecule has 0 unspecified atom stereocenters. The smallest absolute Gasteiger partial charge is 0.148 e. The summed E-state index contributed by atoms with van der Waals surface area (Å²) < 4.78 is 0. The molecule has 0 radical (unpaired) electrons. The first kappa shape index (κ1) is 10.9. The second-order valence-electron chi connectivity index (χ2n) is 3.11. The van der Waals surface area contributed by atoms with Gasteiger partial charge in [-0.2, -0.15) is 5.26 Å². The summed E-state index contributed by atoms with van der Waals surface area (Å²) in [5.74, 6) is 0. The third-order valence-electron chi connectivity index (χ3n) is 2.15. The summed E-state index contributed by atoms with van der Waals surface area (Å²) in [5, 5.41) is 9.99. The van der Waals surface area contributed by atoms with Gasteiger partial charge in [0.25, 0.3) is 0 Å². The molecule has 1 heterocycles. The van der Waals surface area contributed by atoms with Crippen molar-refractivity contribution < 1.29 is 0 Å².